The molecule has 1 aliphatic rings. The number of hydrogen-bond donors (Lipinski definition) is 1. The lowest BCUT2D eigenvalue weighted by atomic mass is 10.1. The summed E-state index contributed by atoms with van der Waals surface area (Å²) in [6, 6.07) is 14.4. The fourth-order valence-corrected chi connectivity index (χ4v) is 4.35. The van der Waals surface area contributed by atoms with Gasteiger partial charge in [-0.1, -0.05) is 24.3 Å². The second kappa shape index (κ2) is 7.61. The van der Waals surface area contributed by atoms with E-state index in [2.05, 4.69) is 9.82 Å². The standard InChI is InChI=1S/C21H24N4O3S/c1-15-8-11-19(14-16(15)2)29(27,28)22-12-13-24-21(26)25(18-6-4-3-5-7-18)20(23-24)17-9-10-17/h3-8,11,14,17,22H,9-10,12-13H2,1-2H3. The largest absolute Gasteiger partial charge is 0.350 e. The summed E-state index contributed by atoms with van der Waals surface area (Å²) < 4.78 is 30.7. The molecule has 0 aliphatic heterocycles. The monoisotopic (exact) mass is 412 g/mol. The van der Waals surface area contributed by atoms with Crippen molar-refractivity contribution in [3.05, 3.63) is 76.0 Å². The van der Waals surface area contributed by atoms with Crippen LogP contribution in [0.2, 0.25) is 0 Å². The predicted octanol–water partition coefficient (Wildman–Crippen LogP) is 2.51. The van der Waals surface area contributed by atoms with Gasteiger partial charge in [-0.2, -0.15) is 5.10 Å². The Labute approximate surface area is 170 Å². The summed E-state index contributed by atoms with van der Waals surface area (Å²) in [6.07, 6.45) is 2.03. The molecule has 7 nitrogen and oxygen atoms in total. The molecule has 0 atom stereocenters. The van der Waals surface area contributed by atoms with Gasteiger partial charge in [-0.25, -0.2) is 27.2 Å². The molecule has 2 aromatic carbocycles. The molecule has 0 bridgehead atoms. The van der Waals surface area contributed by atoms with E-state index in [4.69, 9.17) is 0 Å². The van der Waals surface area contributed by atoms with Gasteiger partial charge in [-0.15, -0.1) is 0 Å². The molecule has 1 N–H and O–H groups in total. The fourth-order valence-electron chi connectivity index (χ4n) is 3.25. The van der Waals surface area contributed by atoms with Crippen molar-refractivity contribution in [3.8, 4) is 5.69 Å². The van der Waals surface area contributed by atoms with Gasteiger partial charge >= 0.3 is 5.69 Å². The van der Waals surface area contributed by atoms with Crippen molar-refractivity contribution < 1.29 is 8.42 Å². The van der Waals surface area contributed by atoms with Crippen molar-refractivity contribution >= 4 is 10.0 Å². The highest BCUT2D eigenvalue weighted by Crippen LogP contribution is 2.39. The molecule has 1 saturated carbocycles. The first-order chi connectivity index (χ1) is 13.9. The summed E-state index contributed by atoms with van der Waals surface area (Å²) in [6.45, 7) is 4.07. The minimum absolute atomic E-state index is 0.0884. The molecule has 0 radical (unpaired) electrons. The number of nitrogens with one attached hydrogen (secondary N) is 1. The smallest absolute Gasteiger partial charge is 0.247 e. The van der Waals surface area contributed by atoms with E-state index in [1.165, 1.54) is 4.68 Å². The Kier molecular flexibility index (Phi) is 5.14. The van der Waals surface area contributed by atoms with Gasteiger partial charge in [0.2, 0.25) is 10.0 Å². The van der Waals surface area contributed by atoms with Crippen molar-refractivity contribution in [2.45, 2.75) is 44.0 Å². The minimum atomic E-state index is -3.64. The molecule has 4 rings (SSSR count). The van der Waals surface area contributed by atoms with E-state index in [0.717, 1.165) is 35.5 Å². The van der Waals surface area contributed by atoms with Crippen LogP contribution in [0.25, 0.3) is 5.69 Å². The van der Waals surface area contributed by atoms with Crippen molar-refractivity contribution in [1.82, 2.24) is 19.1 Å². The number of benzene rings is 2. The van der Waals surface area contributed by atoms with Gasteiger partial charge in [-0.3, -0.25) is 0 Å². The lowest BCUT2D eigenvalue weighted by Gasteiger charge is -2.08. The van der Waals surface area contributed by atoms with Crippen LogP contribution in [0, 0.1) is 13.8 Å². The van der Waals surface area contributed by atoms with E-state index in [-0.39, 0.29) is 29.6 Å². The molecule has 0 saturated heterocycles. The SMILES string of the molecule is Cc1ccc(S(=O)(=O)NCCn2nc(C3CC3)n(-c3ccccc3)c2=O)cc1C. The summed E-state index contributed by atoms with van der Waals surface area (Å²) in [4.78, 5) is 13.1. The average molecular weight is 413 g/mol. The normalized spacial score (nSPS) is 14.3. The van der Waals surface area contributed by atoms with Gasteiger partial charge in [0, 0.05) is 12.5 Å². The van der Waals surface area contributed by atoms with Gasteiger partial charge < -0.3 is 0 Å². The average Bonchev–Trinajstić information content (AvgIpc) is 3.49. The molecular weight excluding hydrogens is 388 g/mol. The van der Waals surface area contributed by atoms with Gasteiger partial charge in [0.25, 0.3) is 0 Å². The Morgan fingerprint density at radius 3 is 2.45 bits per heavy atom. The Bertz CT molecular complexity index is 1190. The maximum absolute atomic E-state index is 12.9. The quantitative estimate of drug-likeness (QED) is 0.646. The Morgan fingerprint density at radius 2 is 1.79 bits per heavy atom. The topological polar surface area (TPSA) is 86.0 Å². The van der Waals surface area contributed by atoms with Crippen LogP contribution in [0.5, 0.6) is 0 Å². The number of hydrogen-bond acceptors (Lipinski definition) is 4. The number of aromatic nitrogens is 3. The first kappa shape index (κ1) is 19.6. The molecule has 1 fully saturated rings. The number of aryl methyl sites for hydroxylation is 2. The molecule has 0 spiro atoms. The molecule has 1 aliphatic carbocycles. The number of para-hydroxylation sites is 1. The minimum Gasteiger partial charge on any atom is -0.247 e. The molecule has 3 aromatic rings. The third kappa shape index (κ3) is 4.04. The van der Waals surface area contributed by atoms with Gasteiger partial charge in [-0.05, 0) is 62.1 Å². The Hall–Kier alpha value is -2.71. The molecular formula is C21H24N4O3S. The van der Waals surface area contributed by atoms with Crippen molar-refractivity contribution in [2.75, 3.05) is 6.54 Å². The van der Waals surface area contributed by atoms with Crippen LogP contribution < -0.4 is 10.4 Å². The Balaban J connectivity index is 1.53. The van der Waals surface area contributed by atoms with Crippen LogP contribution >= 0.6 is 0 Å². The molecule has 1 heterocycles. The molecule has 1 aromatic heterocycles. The summed E-state index contributed by atoms with van der Waals surface area (Å²) in [5.74, 6) is 1.04. The molecule has 0 amide bonds. The van der Waals surface area contributed by atoms with Crippen molar-refractivity contribution in [3.63, 3.8) is 0 Å². The van der Waals surface area contributed by atoms with E-state index >= 15 is 0 Å². The summed E-state index contributed by atoms with van der Waals surface area (Å²) in [5.41, 5.74) is 2.49. The van der Waals surface area contributed by atoms with E-state index in [9.17, 15) is 13.2 Å². The van der Waals surface area contributed by atoms with Crippen LogP contribution in [-0.4, -0.2) is 29.3 Å². The number of sulfonamides is 1. The highest BCUT2D eigenvalue weighted by Gasteiger charge is 2.31. The lowest BCUT2D eigenvalue weighted by Crippen LogP contribution is -2.32. The lowest BCUT2D eigenvalue weighted by molar-refractivity contribution is 0.550. The second-order valence-corrected chi connectivity index (χ2v) is 9.22. The van der Waals surface area contributed by atoms with Crippen LogP contribution in [-0.2, 0) is 16.6 Å². The Morgan fingerprint density at radius 1 is 1.07 bits per heavy atom. The van der Waals surface area contributed by atoms with Crippen LogP contribution in [0.4, 0.5) is 0 Å². The first-order valence-corrected chi connectivity index (χ1v) is 11.2. The van der Waals surface area contributed by atoms with Crippen LogP contribution in [0.3, 0.4) is 0 Å². The summed E-state index contributed by atoms with van der Waals surface area (Å²) in [5, 5.41) is 4.50. The molecule has 29 heavy (non-hydrogen) atoms. The maximum Gasteiger partial charge on any atom is 0.350 e. The highest BCUT2D eigenvalue weighted by atomic mass is 32.2. The van der Waals surface area contributed by atoms with E-state index < -0.39 is 10.0 Å². The van der Waals surface area contributed by atoms with Crippen molar-refractivity contribution in [2.24, 2.45) is 0 Å². The zero-order valence-corrected chi connectivity index (χ0v) is 17.3. The zero-order valence-electron chi connectivity index (χ0n) is 16.5. The van der Waals surface area contributed by atoms with Crippen LogP contribution in [0.1, 0.15) is 35.7 Å². The van der Waals surface area contributed by atoms with Gasteiger partial charge in [0.1, 0.15) is 5.82 Å². The number of rotatable bonds is 7. The highest BCUT2D eigenvalue weighted by molar-refractivity contribution is 7.89. The van der Waals surface area contributed by atoms with E-state index in [0.29, 0.717) is 0 Å². The molecule has 8 heteroatoms. The molecule has 152 valence electrons. The first-order valence-electron chi connectivity index (χ1n) is 9.69. The molecule has 0 unspecified atom stereocenters. The zero-order chi connectivity index (χ0) is 20.6. The maximum atomic E-state index is 12.9. The van der Waals surface area contributed by atoms with Gasteiger partial charge in [0.05, 0.1) is 17.1 Å². The van der Waals surface area contributed by atoms with Gasteiger partial charge in [0.15, 0.2) is 0 Å². The number of nitrogens with zero attached hydrogens (tertiary/aromatic N) is 3. The third-order valence-corrected chi connectivity index (χ3v) is 6.68. The third-order valence-electron chi connectivity index (χ3n) is 5.23. The van der Waals surface area contributed by atoms with Crippen molar-refractivity contribution in [1.29, 1.82) is 0 Å². The predicted molar refractivity (Wildman–Crippen MR) is 111 cm³/mol. The van der Waals surface area contributed by atoms with Crippen LogP contribution in [0.15, 0.2) is 58.2 Å². The summed E-state index contributed by atoms with van der Waals surface area (Å²) >= 11 is 0. The van der Waals surface area contributed by atoms with E-state index in [1.807, 2.05) is 44.2 Å². The fraction of sp³-hybridized carbons (Fsp3) is 0.333. The second-order valence-electron chi connectivity index (χ2n) is 7.45. The summed E-state index contributed by atoms with van der Waals surface area (Å²) in [7, 11) is -3.64. The van der Waals surface area contributed by atoms with E-state index in [1.54, 1.807) is 22.8 Å².